The van der Waals surface area contributed by atoms with Crippen LogP contribution >= 0.6 is 0 Å². The molecule has 1 fully saturated rings. The van der Waals surface area contributed by atoms with Gasteiger partial charge < -0.3 is 16.4 Å². The van der Waals surface area contributed by atoms with E-state index >= 15 is 0 Å². The molecule has 1 saturated carbocycles. The summed E-state index contributed by atoms with van der Waals surface area (Å²) in [6, 6.07) is 4.29. The Kier molecular flexibility index (Phi) is 4.19. The minimum Gasteiger partial charge on any atom is -0.375 e. The molecule has 1 aliphatic carbocycles. The van der Waals surface area contributed by atoms with Gasteiger partial charge in [-0.15, -0.1) is 0 Å². The summed E-state index contributed by atoms with van der Waals surface area (Å²) in [5, 5.41) is 16.7. The third kappa shape index (κ3) is 3.05. The fourth-order valence-electron chi connectivity index (χ4n) is 2.16. The van der Waals surface area contributed by atoms with Gasteiger partial charge in [-0.05, 0) is 30.9 Å². The zero-order valence-corrected chi connectivity index (χ0v) is 11.3. The second-order valence-corrected chi connectivity index (χ2v) is 4.89. The fraction of sp³-hybridized carbons (Fsp3) is 0.462. The Bertz CT molecular complexity index is 528. The number of nitro groups is 1. The zero-order chi connectivity index (χ0) is 14.7. The van der Waals surface area contributed by atoms with E-state index in [1.54, 1.807) is 0 Å². The average molecular weight is 278 g/mol. The monoisotopic (exact) mass is 278 g/mol. The maximum absolute atomic E-state index is 11.6. The number of nitrogens with two attached hydrogens (primary N) is 1. The maximum atomic E-state index is 11.6. The van der Waals surface area contributed by atoms with Gasteiger partial charge in [0.25, 0.3) is 11.6 Å². The summed E-state index contributed by atoms with van der Waals surface area (Å²) in [5.41, 5.74) is 6.38. The molecule has 1 aromatic rings. The molecule has 1 aromatic carbocycles. The first-order chi connectivity index (χ1) is 9.56. The zero-order valence-electron chi connectivity index (χ0n) is 11.3. The van der Waals surface area contributed by atoms with Gasteiger partial charge in [-0.1, -0.05) is 0 Å². The van der Waals surface area contributed by atoms with E-state index in [0.717, 1.165) is 12.8 Å². The van der Waals surface area contributed by atoms with Gasteiger partial charge >= 0.3 is 0 Å². The summed E-state index contributed by atoms with van der Waals surface area (Å²) in [7, 11) is 1.52. The van der Waals surface area contributed by atoms with Crippen LogP contribution in [0.1, 0.15) is 23.2 Å². The van der Waals surface area contributed by atoms with Crippen molar-refractivity contribution in [3.8, 4) is 0 Å². The number of rotatable bonds is 6. The summed E-state index contributed by atoms with van der Waals surface area (Å²) in [6.07, 6.45) is 2.16. The molecule has 1 amide bonds. The summed E-state index contributed by atoms with van der Waals surface area (Å²) in [4.78, 5) is 22.2. The number of anilines is 1. The highest BCUT2D eigenvalue weighted by atomic mass is 16.6. The van der Waals surface area contributed by atoms with Gasteiger partial charge in [0.2, 0.25) is 0 Å². The quantitative estimate of drug-likeness (QED) is 0.533. The highest BCUT2D eigenvalue weighted by Crippen LogP contribution is 2.35. The van der Waals surface area contributed by atoms with Gasteiger partial charge in [-0.2, -0.15) is 0 Å². The lowest BCUT2D eigenvalue weighted by atomic mass is 10.1. The molecule has 0 saturated heterocycles. The number of hydrogen-bond acceptors (Lipinski definition) is 5. The maximum Gasteiger partial charge on any atom is 0.292 e. The Balaban J connectivity index is 2.30. The van der Waals surface area contributed by atoms with E-state index in [1.165, 1.54) is 25.2 Å². The molecule has 20 heavy (non-hydrogen) atoms. The summed E-state index contributed by atoms with van der Waals surface area (Å²) < 4.78 is 0. The molecular weight excluding hydrogens is 260 g/mol. The second kappa shape index (κ2) is 5.87. The van der Waals surface area contributed by atoms with Crippen LogP contribution in [0, 0.1) is 16.0 Å². The summed E-state index contributed by atoms with van der Waals surface area (Å²) in [6.45, 7) is 0.409. The van der Waals surface area contributed by atoms with Gasteiger partial charge in [0.15, 0.2) is 0 Å². The standard InChI is InChI=1S/C13H18N4O3/c1-15-13(18)9-4-5-12(17(19)20)10(6-9)16-11(7-14)8-2-3-8/h4-6,8,11,16H,2-3,7,14H2,1H3,(H,15,18). The van der Waals surface area contributed by atoms with E-state index in [9.17, 15) is 14.9 Å². The molecule has 108 valence electrons. The number of hydrogen-bond donors (Lipinski definition) is 3. The molecule has 4 N–H and O–H groups in total. The lowest BCUT2D eigenvalue weighted by molar-refractivity contribution is -0.384. The largest absolute Gasteiger partial charge is 0.375 e. The van der Waals surface area contributed by atoms with Crippen LogP contribution in [0.5, 0.6) is 0 Å². The van der Waals surface area contributed by atoms with E-state index in [4.69, 9.17) is 5.73 Å². The molecule has 0 bridgehead atoms. The van der Waals surface area contributed by atoms with Crippen molar-refractivity contribution in [2.45, 2.75) is 18.9 Å². The smallest absolute Gasteiger partial charge is 0.292 e. The summed E-state index contributed by atoms with van der Waals surface area (Å²) >= 11 is 0. The molecule has 0 aliphatic heterocycles. The highest BCUT2D eigenvalue weighted by molar-refractivity contribution is 5.95. The first kappa shape index (κ1) is 14.3. The Hall–Kier alpha value is -2.15. The third-order valence-electron chi connectivity index (χ3n) is 3.47. The minimum absolute atomic E-state index is 0.00800. The van der Waals surface area contributed by atoms with Gasteiger partial charge in [-0.3, -0.25) is 14.9 Å². The first-order valence-electron chi connectivity index (χ1n) is 6.54. The molecule has 0 heterocycles. The topological polar surface area (TPSA) is 110 Å². The molecule has 1 aliphatic rings. The Morgan fingerprint density at radius 2 is 2.25 bits per heavy atom. The fourth-order valence-corrected chi connectivity index (χ4v) is 2.16. The molecule has 7 nitrogen and oxygen atoms in total. The number of carbonyl (C=O) groups is 1. The van der Waals surface area contributed by atoms with E-state index in [-0.39, 0.29) is 17.6 Å². The van der Waals surface area contributed by atoms with Gasteiger partial charge in [0.05, 0.1) is 4.92 Å². The van der Waals surface area contributed by atoms with Crippen molar-refractivity contribution in [1.82, 2.24) is 5.32 Å². The molecule has 2 rings (SSSR count). The van der Waals surface area contributed by atoms with Crippen LogP contribution in [0.4, 0.5) is 11.4 Å². The Morgan fingerprint density at radius 3 is 2.75 bits per heavy atom. The van der Waals surface area contributed by atoms with Crippen LogP contribution in [-0.4, -0.2) is 30.5 Å². The van der Waals surface area contributed by atoms with E-state index in [0.29, 0.717) is 23.7 Å². The highest BCUT2D eigenvalue weighted by Gasteiger charge is 2.31. The predicted octanol–water partition coefficient (Wildman–Crippen LogP) is 1.10. The molecule has 1 atom stereocenters. The predicted molar refractivity (Wildman–Crippen MR) is 75.7 cm³/mol. The van der Waals surface area contributed by atoms with E-state index in [2.05, 4.69) is 10.6 Å². The van der Waals surface area contributed by atoms with E-state index < -0.39 is 4.92 Å². The number of amides is 1. The van der Waals surface area contributed by atoms with Crippen LogP contribution in [0.25, 0.3) is 0 Å². The van der Waals surface area contributed by atoms with Crippen LogP contribution in [0.15, 0.2) is 18.2 Å². The van der Waals surface area contributed by atoms with Crippen molar-refractivity contribution in [3.05, 3.63) is 33.9 Å². The van der Waals surface area contributed by atoms with Crippen molar-refractivity contribution in [2.24, 2.45) is 11.7 Å². The third-order valence-corrected chi connectivity index (χ3v) is 3.47. The first-order valence-corrected chi connectivity index (χ1v) is 6.54. The van der Waals surface area contributed by atoms with Crippen molar-refractivity contribution < 1.29 is 9.72 Å². The van der Waals surface area contributed by atoms with Crippen molar-refractivity contribution in [2.75, 3.05) is 18.9 Å². The minimum atomic E-state index is -0.462. The molecule has 0 radical (unpaired) electrons. The average Bonchev–Trinajstić information content (AvgIpc) is 3.27. The van der Waals surface area contributed by atoms with Crippen LogP contribution in [0.2, 0.25) is 0 Å². The van der Waals surface area contributed by atoms with Crippen molar-refractivity contribution in [1.29, 1.82) is 0 Å². The van der Waals surface area contributed by atoms with E-state index in [1.807, 2.05) is 0 Å². The molecule has 7 heteroatoms. The van der Waals surface area contributed by atoms with Crippen molar-refractivity contribution in [3.63, 3.8) is 0 Å². The number of carbonyl (C=O) groups excluding carboxylic acids is 1. The molecule has 0 aromatic heterocycles. The number of nitrogens with one attached hydrogen (secondary N) is 2. The SMILES string of the molecule is CNC(=O)c1ccc([N+](=O)[O-])c(NC(CN)C2CC2)c1. The molecule has 1 unspecified atom stereocenters. The Morgan fingerprint density at radius 1 is 1.55 bits per heavy atom. The summed E-state index contributed by atoms with van der Waals surface area (Å²) in [5.74, 6) is 0.182. The van der Waals surface area contributed by atoms with Crippen LogP contribution in [0.3, 0.4) is 0 Å². The van der Waals surface area contributed by atoms with Gasteiger partial charge in [0, 0.05) is 31.3 Å². The second-order valence-electron chi connectivity index (χ2n) is 4.89. The molecular formula is C13H18N4O3. The normalized spacial score (nSPS) is 15.5. The number of nitro benzene ring substituents is 1. The lowest BCUT2D eigenvalue weighted by Crippen LogP contribution is -2.31. The molecule has 0 spiro atoms. The van der Waals surface area contributed by atoms with Crippen LogP contribution in [-0.2, 0) is 0 Å². The number of nitrogens with zero attached hydrogens (tertiary/aromatic N) is 1. The van der Waals surface area contributed by atoms with Crippen LogP contribution < -0.4 is 16.4 Å². The van der Waals surface area contributed by atoms with Crippen molar-refractivity contribution >= 4 is 17.3 Å². The van der Waals surface area contributed by atoms with Gasteiger partial charge in [0.1, 0.15) is 5.69 Å². The Labute approximate surface area is 116 Å². The lowest BCUT2D eigenvalue weighted by Gasteiger charge is -2.17. The number of benzene rings is 1. The van der Waals surface area contributed by atoms with Gasteiger partial charge in [-0.25, -0.2) is 0 Å².